The zero-order chi connectivity index (χ0) is 21.6. The van der Waals surface area contributed by atoms with Gasteiger partial charge in [-0.05, 0) is 43.3 Å². The Bertz CT molecular complexity index is 977. The standard InChI is InChI=1S/C20H24N2O7S/c1-3-30(24,25)22(15-4-9-18-19(12-15)29-14-28-18)13-20(23)21-10-11-27-17-7-5-16(26-2)6-8-17/h4-9,12H,3,10-11,13-14H2,1-2H3,(H,21,23). The van der Waals surface area contributed by atoms with Crippen molar-refractivity contribution in [1.82, 2.24) is 5.32 Å². The van der Waals surface area contributed by atoms with Gasteiger partial charge in [-0.25, -0.2) is 8.42 Å². The van der Waals surface area contributed by atoms with Crippen LogP contribution in [0.1, 0.15) is 6.92 Å². The van der Waals surface area contributed by atoms with Crippen LogP contribution in [0.2, 0.25) is 0 Å². The molecule has 0 atom stereocenters. The van der Waals surface area contributed by atoms with Crippen molar-refractivity contribution in [2.75, 3.05) is 43.7 Å². The number of sulfonamides is 1. The number of nitrogens with one attached hydrogen (secondary N) is 1. The fraction of sp³-hybridized carbons (Fsp3) is 0.350. The largest absolute Gasteiger partial charge is 0.497 e. The van der Waals surface area contributed by atoms with Crippen LogP contribution in [0.5, 0.6) is 23.0 Å². The predicted octanol–water partition coefficient (Wildman–Crippen LogP) is 1.78. The average Bonchev–Trinajstić information content (AvgIpc) is 3.23. The second kappa shape index (κ2) is 9.57. The van der Waals surface area contributed by atoms with Gasteiger partial charge in [0.05, 0.1) is 25.1 Å². The third kappa shape index (κ3) is 5.26. The molecule has 2 aromatic carbocycles. The van der Waals surface area contributed by atoms with Crippen molar-refractivity contribution in [3.63, 3.8) is 0 Å². The molecule has 0 fully saturated rings. The van der Waals surface area contributed by atoms with Crippen molar-refractivity contribution in [1.29, 1.82) is 0 Å². The third-order valence-electron chi connectivity index (χ3n) is 4.38. The summed E-state index contributed by atoms with van der Waals surface area (Å²) in [6.45, 7) is 1.72. The zero-order valence-corrected chi connectivity index (χ0v) is 17.6. The first kappa shape index (κ1) is 21.6. The number of carbonyl (C=O) groups excluding carboxylic acids is 1. The van der Waals surface area contributed by atoms with Crippen molar-refractivity contribution < 1.29 is 32.2 Å². The quantitative estimate of drug-likeness (QED) is 0.566. The highest BCUT2D eigenvalue weighted by atomic mass is 32.2. The molecule has 1 aliphatic rings. The predicted molar refractivity (Wildman–Crippen MR) is 111 cm³/mol. The van der Waals surface area contributed by atoms with Crippen molar-refractivity contribution in [3.05, 3.63) is 42.5 Å². The van der Waals surface area contributed by atoms with Gasteiger partial charge in [-0.2, -0.15) is 0 Å². The van der Waals surface area contributed by atoms with E-state index in [1.165, 1.54) is 6.92 Å². The van der Waals surface area contributed by atoms with Crippen molar-refractivity contribution >= 4 is 21.6 Å². The smallest absolute Gasteiger partial charge is 0.240 e. The third-order valence-corrected chi connectivity index (χ3v) is 6.13. The van der Waals surface area contributed by atoms with E-state index in [9.17, 15) is 13.2 Å². The van der Waals surface area contributed by atoms with Gasteiger partial charge in [-0.1, -0.05) is 0 Å². The molecule has 9 nitrogen and oxygen atoms in total. The first-order valence-corrected chi connectivity index (χ1v) is 11.0. The number of amides is 1. The van der Waals surface area contributed by atoms with E-state index in [0.29, 0.717) is 22.9 Å². The van der Waals surface area contributed by atoms with Crippen LogP contribution in [-0.2, 0) is 14.8 Å². The lowest BCUT2D eigenvalue weighted by atomic mass is 10.3. The molecule has 30 heavy (non-hydrogen) atoms. The molecule has 0 saturated heterocycles. The lowest BCUT2D eigenvalue weighted by molar-refractivity contribution is -0.119. The molecule has 0 bridgehead atoms. The van der Waals surface area contributed by atoms with Crippen molar-refractivity contribution in [3.8, 4) is 23.0 Å². The number of methoxy groups -OCH3 is 1. The van der Waals surface area contributed by atoms with Gasteiger partial charge in [0.15, 0.2) is 11.5 Å². The summed E-state index contributed by atoms with van der Waals surface area (Å²) in [5.74, 6) is 1.75. The average molecular weight is 436 g/mol. The van der Waals surface area contributed by atoms with Crippen LogP contribution in [0.3, 0.4) is 0 Å². The van der Waals surface area contributed by atoms with Crippen LogP contribution in [-0.4, -0.2) is 53.7 Å². The topological polar surface area (TPSA) is 103 Å². The molecule has 0 aliphatic carbocycles. The summed E-state index contributed by atoms with van der Waals surface area (Å²) in [5, 5.41) is 2.67. The van der Waals surface area contributed by atoms with Crippen LogP contribution in [0.15, 0.2) is 42.5 Å². The molecule has 0 unspecified atom stereocenters. The number of fused-ring (bicyclic) bond motifs is 1. The second-order valence-electron chi connectivity index (χ2n) is 6.32. The lowest BCUT2D eigenvalue weighted by Crippen LogP contribution is -2.42. The van der Waals surface area contributed by atoms with Crippen LogP contribution in [0.4, 0.5) is 5.69 Å². The van der Waals surface area contributed by atoms with Gasteiger partial charge in [0.1, 0.15) is 24.7 Å². The number of rotatable bonds is 10. The van der Waals surface area contributed by atoms with E-state index in [1.54, 1.807) is 49.6 Å². The highest BCUT2D eigenvalue weighted by Crippen LogP contribution is 2.36. The summed E-state index contributed by atoms with van der Waals surface area (Å²) in [7, 11) is -2.09. The highest BCUT2D eigenvalue weighted by molar-refractivity contribution is 7.92. The Balaban J connectivity index is 1.57. The Kier molecular flexibility index (Phi) is 6.88. The van der Waals surface area contributed by atoms with Crippen LogP contribution < -0.4 is 28.6 Å². The Labute approximate surface area is 175 Å². The summed E-state index contributed by atoms with van der Waals surface area (Å²) in [6, 6.07) is 11.8. The van der Waals surface area contributed by atoms with Gasteiger partial charge in [-0.15, -0.1) is 0 Å². The lowest BCUT2D eigenvalue weighted by Gasteiger charge is -2.23. The van der Waals surface area contributed by atoms with E-state index >= 15 is 0 Å². The molecule has 0 spiro atoms. The normalized spacial score (nSPS) is 12.3. The van der Waals surface area contributed by atoms with E-state index in [4.69, 9.17) is 18.9 Å². The Hall–Kier alpha value is -3.14. The molecule has 3 rings (SSSR count). The Morgan fingerprint density at radius 2 is 1.80 bits per heavy atom. The van der Waals surface area contributed by atoms with Crippen molar-refractivity contribution in [2.45, 2.75) is 6.92 Å². The van der Waals surface area contributed by atoms with Gasteiger partial charge in [0.25, 0.3) is 0 Å². The van der Waals surface area contributed by atoms with Crippen molar-refractivity contribution in [2.24, 2.45) is 0 Å². The summed E-state index contributed by atoms with van der Waals surface area (Å²) in [6.07, 6.45) is 0. The van der Waals surface area contributed by atoms with Crippen LogP contribution in [0.25, 0.3) is 0 Å². The van der Waals surface area contributed by atoms with Gasteiger partial charge in [0, 0.05) is 6.07 Å². The van der Waals surface area contributed by atoms with E-state index in [2.05, 4.69) is 5.32 Å². The number of hydrogen-bond acceptors (Lipinski definition) is 7. The maximum Gasteiger partial charge on any atom is 0.240 e. The first-order valence-electron chi connectivity index (χ1n) is 9.36. The van der Waals surface area contributed by atoms with E-state index in [1.807, 2.05) is 0 Å². The molecule has 0 aromatic heterocycles. The summed E-state index contributed by atoms with van der Waals surface area (Å²) >= 11 is 0. The molecule has 10 heteroatoms. The molecule has 1 N–H and O–H groups in total. The molecule has 0 saturated carbocycles. The molecule has 1 amide bonds. The van der Waals surface area contributed by atoms with Gasteiger partial charge in [0.2, 0.25) is 22.7 Å². The Morgan fingerprint density at radius 1 is 1.10 bits per heavy atom. The maximum atomic E-state index is 12.5. The number of nitrogens with zero attached hydrogens (tertiary/aromatic N) is 1. The number of carbonyl (C=O) groups is 1. The summed E-state index contributed by atoms with van der Waals surface area (Å²) in [5.41, 5.74) is 0.339. The molecule has 0 radical (unpaired) electrons. The number of hydrogen-bond donors (Lipinski definition) is 1. The monoisotopic (exact) mass is 436 g/mol. The van der Waals surface area contributed by atoms with E-state index in [-0.39, 0.29) is 32.2 Å². The molecule has 1 heterocycles. The summed E-state index contributed by atoms with van der Waals surface area (Å²) < 4.78 is 47.3. The Morgan fingerprint density at radius 3 is 2.50 bits per heavy atom. The van der Waals surface area contributed by atoms with E-state index in [0.717, 1.165) is 10.1 Å². The number of ether oxygens (including phenoxy) is 4. The molecule has 2 aromatic rings. The zero-order valence-electron chi connectivity index (χ0n) is 16.8. The fourth-order valence-electron chi connectivity index (χ4n) is 2.76. The van der Waals surface area contributed by atoms with Gasteiger partial charge < -0.3 is 24.3 Å². The number of anilines is 1. The second-order valence-corrected chi connectivity index (χ2v) is 8.50. The molecular weight excluding hydrogens is 412 g/mol. The maximum absolute atomic E-state index is 12.5. The molecule has 1 aliphatic heterocycles. The highest BCUT2D eigenvalue weighted by Gasteiger charge is 2.25. The summed E-state index contributed by atoms with van der Waals surface area (Å²) in [4.78, 5) is 12.4. The van der Waals surface area contributed by atoms with Gasteiger partial charge >= 0.3 is 0 Å². The first-order chi connectivity index (χ1) is 14.4. The van der Waals surface area contributed by atoms with Crippen LogP contribution >= 0.6 is 0 Å². The minimum atomic E-state index is -3.67. The van der Waals surface area contributed by atoms with Gasteiger partial charge in [-0.3, -0.25) is 9.10 Å². The molecule has 162 valence electrons. The molecular formula is C20H24N2O7S. The minimum Gasteiger partial charge on any atom is -0.497 e. The van der Waals surface area contributed by atoms with Crippen LogP contribution in [0, 0.1) is 0 Å². The SMILES string of the molecule is CCS(=O)(=O)N(CC(=O)NCCOc1ccc(OC)cc1)c1ccc2c(c1)OCO2. The number of benzene rings is 2. The minimum absolute atomic E-state index is 0.0774. The van der Waals surface area contributed by atoms with E-state index < -0.39 is 15.9 Å². The fourth-order valence-corrected chi connectivity index (χ4v) is 3.82.